The molecular weight excluding hydrogens is 378 g/mol. The van der Waals surface area contributed by atoms with E-state index >= 15 is 0 Å². The Balaban J connectivity index is 1.61. The quantitative estimate of drug-likeness (QED) is 0.685. The summed E-state index contributed by atoms with van der Waals surface area (Å²) in [5.41, 5.74) is 3.95. The molecule has 0 heterocycles. The normalized spacial score (nSPS) is 21.4. The van der Waals surface area contributed by atoms with Crippen molar-refractivity contribution in [1.82, 2.24) is 0 Å². The molecule has 20 heavy (non-hydrogen) atoms. The molecule has 3 heteroatoms. The van der Waals surface area contributed by atoms with Crippen molar-refractivity contribution in [2.24, 2.45) is 0 Å². The van der Waals surface area contributed by atoms with Gasteiger partial charge in [-0.15, -0.1) is 0 Å². The molecule has 1 aliphatic rings. The second-order valence-electron chi connectivity index (χ2n) is 5.58. The summed E-state index contributed by atoms with van der Waals surface area (Å²) in [6.45, 7) is 2.13. The number of hydrogen-bond donors (Lipinski definition) is 1. The van der Waals surface area contributed by atoms with Crippen LogP contribution in [0.15, 0.2) is 51.4 Å². The van der Waals surface area contributed by atoms with E-state index in [0.717, 1.165) is 4.47 Å². The summed E-state index contributed by atoms with van der Waals surface area (Å²) >= 11 is 7.10. The van der Waals surface area contributed by atoms with Gasteiger partial charge in [-0.3, -0.25) is 0 Å². The van der Waals surface area contributed by atoms with E-state index < -0.39 is 0 Å². The summed E-state index contributed by atoms with van der Waals surface area (Å²) < 4.78 is 2.32. The Morgan fingerprint density at radius 1 is 1.00 bits per heavy atom. The van der Waals surface area contributed by atoms with E-state index in [1.54, 1.807) is 0 Å². The Kier molecular flexibility index (Phi) is 4.18. The van der Waals surface area contributed by atoms with Gasteiger partial charge in [0.1, 0.15) is 0 Å². The van der Waals surface area contributed by atoms with Crippen molar-refractivity contribution in [2.75, 3.05) is 5.32 Å². The van der Waals surface area contributed by atoms with Gasteiger partial charge < -0.3 is 5.32 Å². The molecule has 0 aliphatic heterocycles. The van der Waals surface area contributed by atoms with Crippen LogP contribution in [0.2, 0.25) is 0 Å². The molecule has 3 rings (SSSR count). The largest absolute Gasteiger partial charge is 0.382 e. The topological polar surface area (TPSA) is 12.0 Å². The molecule has 0 bridgehead atoms. The van der Waals surface area contributed by atoms with Gasteiger partial charge in [-0.1, -0.05) is 44.0 Å². The minimum Gasteiger partial charge on any atom is -0.382 e. The van der Waals surface area contributed by atoms with Crippen LogP contribution >= 0.6 is 31.9 Å². The van der Waals surface area contributed by atoms with E-state index in [0.29, 0.717) is 12.0 Å². The predicted molar refractivity (Wildman–Crippen MR) is 92.4 cm³/mol. The van der Waals surface area contributed by atoms with Gasteiger partial charge in [0, 0.05) is 20.7 Å². The molecule has 1 fully saturated rings. The fourth-order valence-electron chi connectivity index (χ4n) is 2.82. The van der Waals surface area contributed by atoms with E-state index in [1.807, 2.05) is 0 Å². The summed E-state index contributed by atoms with van der Waals surface area (Å²) in [7, 11) is 0. The van der Waals surface area contributed by atoms with E-state index in [9.17, 15) is 0 Å². The number of nitrogens with one attached hydrogen (secondary N) is 1. The molecule has 2 aromatic carbocycles. The average molecular weight is 395 g/mol. The van der Waals surface area contributed by atoms with Crippen molar-refractivity contribution >= 4 is 37.5 Å². The molecular formula is C17H17Br2N. The van der Waals surface area contributed by atoms with Crippen molar-refractivity contribution in [3.05, 3.63) is 62.5 Å². The summed E-state index contributed by atoms with van der Waals surface area (Å²) in [4.78, 5) is 0. The van der Waals surface area contributed by atoms with Crippen molar-refractivity contribution in [2.45, 2.75) is 31.7 Å². The van der Waals surface area contributed by atoms with Gasteiger partial charge in [-0.2, -0.15) is 0 Å². The Labute approximate surface area is 137 Å². The molecule has 0 unspecified atom stereocenters. The number of hydrogen-bond acceptors (Lipinski definition) is 1. The highest BCUT2D eigenvalue weighted by Crippen LogP contribution is 2.39. The van der Waals surface area contributed by atoms with Crippen LogP contribution < -0.4 is 5.32 Å². The van der Waals surface area contributed by atoms with Crippen LogP contribution in [0.1, 0.15) is 29.9 Å². The molecule has 0 atom stereocenters. The number of benzene rings is 2. The number of halogens is 2. The second kappa shape index (κ2) is 5.90. The summed E-state index contributed by atoms with van der Waals surface area (Å²) in [6.07, 6.45) is 2.42. The highest BCUT2D eigenvalue weighted by molar-refractivity contribution is 9.10. The monoisotopic (exact) mass is 393 g/mol. The van der Waals surface area contributed by atoms with Crippen molar-refractivity contribution in [1.29, 1.82) is 0 Å². The molecule has 1 aliphatic carbocycles. The first kappa shape index (κ1) is 14.2. The zero-order valence-corrected chi connectivity index (χ0v) is 14.5. The van der Waals surface area contributed by atoms with Gasteiger partial charge >= 0.3 is 0 Å². The van der Waals surface area contributed by atoms with Crippen LogP contribution in [-0.4, -0.2) is 6.04 Å². The lowest BCUT2D eigenvalue weighted by molar-refractivity contribution is 0.374. The number of rotatable bonds is 3. The molecule has 2 aromatic rings. The maximum Gasteiger partial charge on any atom is 0.0356 e. The van der Waals surface area contributed by atoms with Gasteiger partial charge in [0.05, 0.1) is 0 Å². The molecule has 104 valence electrons. The van der Waals surface area contributed by atoms with Gasteiger partial charge in [-0.25, -0.2) is 0 Å². The highest BCUT2D eigenvalue weighted by Gasteiger charge is 2.30. The lowest BCUT2D eigenvalue weighted by atomic mass is 9.76. The summed E-state index contributed by atoms with van der Waals surface area (Å²) in [5.74, 6) is 0.693. The summed E-state index contributed by atoms with van der Waals surface area (Å²) in [5, 5.41) is 3.63. The zero-order chi connectivity index (χ0) is 14.1. The number of aryl methyl sites for hydroxylation is 1. The first-order valence-corrected chi connectivity index (χ1v) is 8.48. The van der Waals surface area contributed by atoms with Crippen LogP contribution in [0.5, 0.6) is 0 Å². The van der Waals surface area contributed by atoms with Gasteiger partial charge in [0.15, 0.2) is 0 Å². The average Bonchev–Trinajstić information content (AvgIpc) is 2.32. The molecule has 0 spiro atoms. The molecule has 1 nitrogen and oxygen atoms in total. The first-order valence-electron chi connectivity index (χ1n) is 6.89. The second-order valence-corrected chi connectivity index (χ2v) is 7.41. The third kappa shape index (κ3) is 3.26. The Hall–Kier alpha value is -0.800. The standard InChI is InChI=1S/C17H17Br2N/c1-11-5-15(19)10-16(6-11)20-17-8-13(9-17)12-3-2-4-14(18)7-12/h2-7,10,13,17,20H,8-9H2,1H3. The van der Waals surface area contributed by atoms with Crippen LogP contribution in [0, 0.1) is 6.92 Å². The summed E-state index contributed by atoms with van der Waals surface area (Å²) in [6, 6.07) is 15.8. The van der Waals surface area contributed by atoms with Crippen LogP contribution in [0.3, 0.4) is 0 Å². The SMILES string of the molecule is Cc1cc(Br)cc(NC2CC(c3cccc(Br)c3)C2)c1. The third-order valence-electron chi connectivity index (χ3n) is 3.87. The maximum atomic E-state index is 3.63. The first-order chi connectivity index (χ1) is 9.60. The minimum atomic E-state index is 0.590. The predicted octanol–water partition coefficient (Wildman–Crippen LogP) is 5.88. The Morgan fingerprint density at radius 3 is 2.50 bits per heavy atom. The molecule has 0 aromatic heterocycles. The number of anilines is 1. The van der Waals surface area contributed by atoms with E-state index in [1.165, 1.54) is 34.1 Å². The van der Waals surface area contributed by atoms with Crippen LogP contribution in [0.25, 0.3) is 0 Å². The van der Waals surface area contributed by atoms with Crippen LogP contribution in [0.4, 0.5) is 5.69 Å². The minimum absolute atomic E-state index is 0.590. The Bertz CT molecular complexity index is 598. The molecule has 1 N–H and O–H groups in total. The zero-order valence-electron chi connectivity index (χ0n) is 11.4. The Morgan fingerprint density at radius 2 is 1.80 bits per heavy atom. The molecule has 0 amide bonds. The van der Waals surface area contributed by atoms with E-state index in [4.69, 9.17) is 0 Å². The van der Waals surface area contributed by atoms with Gasteiger partial charge in [0.2, 0.25) is 0 Å². The van der Waals surface area contributed by atoms with E-state index in [-0.39, 0.29) is 0 Å². The lowest BCUT2D eigenvalue weighted by Gasteiger charge is -2.37. The fraction of sp³-hybridized carbons (Fsp3) is 0.294. The van der Waals surface area contributed by atoms with Crippen LogP contribution in [-0.2, 0) is 0 Å². The smallest absolute Gasteiger partial charge is 0.0356 e. The van der Waals surface area contributed by atoms with Crippen molar-refractivity contribution in [3.8, 4) is 0 Å². The van der Waals surface area contributed by atoms with Crippen molar-refractivity contribution < 1.29 is 0 Å². The molecule has 1 saturated carbocycles. The van der Waals surface area contributed by atoms with Gasteiger partial charge in [-0.05, 0) is 67.1 Å². The highest BCUT2D eigenvalue weighted by atomic mass is 79.9. The fourth-order valence-corrected chi connectivity index (χ4v) is 3.85. The third-order valence-corrected chi connectivity index (χ3v) is 4.82. The van der Waals surface area contributed by atoms with E-state index in [2.05, 4.69) is 86.6 Å². The lowest BCUT2D eigenvalue weighted by Crippen LogP contribution is -2.34. The van der Waals surface area contributed by atoms with Crippen molar-refractivity contribution in [3.63, 3.8) is 0 Å². The maximum absolute atomic E-state index is 3.63. The molecule has 0 radical (unpaired) electrons. The molecule has 0 saturated heterocycles. The van der Waals surface area contributed by atoms with Gasteiger partial charge in [0.25, 0.3) is 0 Å².